The normalized spacial score (nSPS) is 21.1. The van der Waals surface area contributed by atoms with Crippen molar-refractivity contribution in [2.75, 3.05) is 12.4 Å². The van der Waals surface area contributed by atoms with Crippen LogP contribution in [0.25, 0.3) is 0 Å². The highest BCUT2D eigenvalue weighted by atomic mass is 16.5. The van der Waals surface area contributed by atoms with Gasteiger partial charge >= 0.3 is 0 Å². The molecule has 0 atom stereocenters. The Kier molecular flexibility index (Phi) is 2.56. The van der Waals surface area contributed by atoms with Crippen molar-refractivity contribution in [2.24, 2.45) is 10.8 Å². The Morgan fingerprint density at radius 2 is 1.76 bits per heavy atom. The van der Waals surface area contributed by atoms with Crippen LogP contribution in [0.2, 0.25) is 0 Å². The molecule has 1 aliphatic rings. The van der Waals surface area contributed by atoms with Gasteiger partial charge in [-0.15, -0.1) is 0 Å². The standard InChI is InChI=1S/C13H21N3O/c1-8-9(14-7-15-10(8)17-6)16-11-12(2,3)13(11,4)5/h7,11H,1-6H3,(H,14,15,16). The summed E-state index contributed by atoms with van der Waals surface area (Å²) in [5, 5.41) is 3.51. The number of rotatable bonds is 3. The maximum atomic E-state index is 5.20. The Labute approximate surface area is 103 Å². The van der Waals surface area contributed by atoms with E-state index in [-0.39, 0.29) is 10.8 Å². The molecule has 1 fully saturated rings. The van der Waals surface area contributed by atoms with Gasteiger partial charge in [-0.2, -0.15) is 0 Å². The highest BCUT2D eigenvalue weighted by Crippen LogP contribution is 2.63. The van der Waals surface area contributed by atoms with E-state index < -0.39 is 0 Å². The van der Waals surface area contributed by atoms with Crippen molar-refractivity contribution in [3.63, 3.8) is 0 Å². The van der Waals surface area contributed by atoms with Crippen molar-refractivity contribution in [2.45, 2.75) is 40.7 Å². The van der Waals surface area contributed by atoms with Crippen molar-refractivity contribution in [3.8, 4) is 5.88 Å². The molecule has 0 saturated heterocycles. The molecule has 0 bridgehead atoms. The minimum absolute atomic E-state index is 0.289. The molecule has 0 amide bonds. The quantitative estimate of drug-likeness (QED) is 0.875. The van der Waals surface area contributed by atoms with Gasteiger partial charge in [0.15, 0.2) is 0 Å². The smallest absolute Gasteiger partial charge is 0.221 e. The molecule has 4 heteroatoms. The molecule has 1 N–H and O–H groups in total. The monoisotopic (exact) mass is 235 g/mol. The van der Waals surface area contributed by atoms with Gasteiger partial charge in [-0.3, -0.25) is 0 Å². The number of ether oxygens (including phenoxy) is 1. The van der Waals surface area contributed by atoms with Gasteiger partial charge in [0.05, 0.1) is 12.7 Å². The van der Waals surface area contributed by atoms with Gasteiger partial charge in [-0.25, -0.2) is 9.97 Å². The molecule has 0 aliphatic heterocycles. The number of nitrogens with one attached hydrogen (secondary N) is 1. The fourth-order valence-electron chi connectivity index (χ4n) is 2.48. The molecule has 0 radical (unpaired) electrons. The first kappa shape index (κ1) is 12.1. The first-order valence-electron chi connectivity index (χ1n) is 5.94. The van der Waals surface area contributed by atoms with E-state index >= 15 is 0 Å². The van der Waals surface area contributed by atoms with Gasteiger partial charge in [-0.05, 0) is 17.8 Å². The molecule has 94 valence electrons. The number of anilines is 1. The first-order valence-corrected chi connectivity index (χ1v) is 5.94. The highest BCUT2D eigenvalue weighted by molar-refractivity contribution is 5.51. The number of hydrogen-bond acceptors (Lipinski definition) is 4. The number of hydrogen-bond donors (Lipinski definition) is 1. The summed E-state index contributed by atoms with van der Waals surface area (Å²) < 4.78 is 5.20. The molecule has 0 unspecified atom stereocenters. The minimum Gasteiger partial charge on any atom is -0.481 e. The third-order valence-corrected chi connectivity index (χ3v) is 4.53. The van der Waals surface area contributed by atoms with Crippen LogP contribution < -0.4 is 10.1 Å². The Morgan fingerprint density at radius 1 is 1.18 bits per heavy atom. The molecular weight excluding hydrogens is 214 g/mol. The maximum absolute atomic E-state index is 5.20. The van der Waals surface area contributed by atoms with E-state index in [0.717, 1.165) is 11.4 Å². The van der Waals surface area contributed by atoms with Crippen molar-refractivity contribution in [3.05, 3.63) is 11.9 Å². The molecule has 0 aromatic carbocycles. The van der Waals surface area contributed by atoms with E-state index in [1.165, 1.54) is 6.33 Å². The first-order chi connectivity index (χ1) is 7.82. The van der Waals surface area contributed by atoms with Crippen molar-refractivity contribution >= 4 is 5.82 Å². The number of methoxy groups -OCH3 is 1. The van der Waals surface area contributed by atoms with Gasteiger partial charge in [0.1, 0.15) is 12.1 Å². The highest BCUT2D eigenvalue weighted by Gasteiger charge is 2.65. The summed E-state index contributed by atoms with van der Waals surface area (Å²) in [6, 6.07) is 0.438. The zero-order valence-electron chi connectivity index (χ0n) is 11.5. The van der Waals surface area contributed by atoms with Crippen LogP contribution in [0.5, 0.6) is 5.88 Å². The minimum atomic E-state index is 0.289. The SMILES string of the molecule is COc1ncnc(NC2C(C)(C)C2(C)C)c1C. The van der Waals surface area contributed by atoms with E-state index in [4.69, 9.17) is 4.74 Å². The second kappa shape index (κ2) is 3.59. The van der Waals surface area contributed by atoms with E-state index in [0.29, 0.717) is 11.9 Å². The fraction of sp³-hybridized carbons (Fsp3) is 0.692. The molecule has 0 spiro atoms. The van der Waals surface area contributed by atoms with Gasteiger partial charge in [0, 0.05) is 6.04 Å². The molecule has 4 nitrogen and oxygen atoms in total. The summed E-state index contributed by atoms with van der Waals surface area (Å²) in [4.78, 5) is 8.38. The Bertz CT molecular complexity index is 426. The lowest BCUT2D eigenvalue weighted by molar-refractivity contribution is 0.393. The summed E-state index contributed by atoms with van der Waals surface area (Å²) in [6.07, 6.45) is 1.54. The van der Waals surface area contributed by atoms with Gasteiger partial charge in [0.25, 0.3) is 0 Å². The second-order valence-electron chi connectivity index (χ2n) is 5.88. The lowest BCUT2D eigenvalue weighted by Gasteiger charge is -2.11. The Morgan fingerprint density at radius 3 is 2.24 bits per heavy atom. The van der Waals surface area contributed by atoms with E-state index in [1.54, 1.807) is 7.11 Å². The van der Waals surface area contributed by atoms with Crippen LogP contribution in [-0.4, -0.2) is 23.1 Å². The summed E-state index contributed by atoms with van der Waals surface area (Å²) >= 11 is 0. The summed E-state index contributed by atoms with van der Waals surface area (Å²) in [6.45, 7) is 11.1. The zero-order valence-corrected chi connectivity index (χ0v) is 11.5. The predicted octanol–water partition coefficient (Wildman–Crippen LogP) is 2.64. The Hall–Kier alpha value is -1.32. The molecule has 1 saturated carbocycles. The third-order valence-electron chi connectivity index (χ3n) is 4.53. The van der Waals surface area contributed by atoms with Gasteiger partial charge in [0.2, 0.25) is 5.88 Å². The van der Waals surface area contributed by atoms with E-state index in [9.17, 15) is 0 Å². The molecule has 1 heterocycles. The summed E-state index contributed by atoms with van der Waals surface area (Å²) in [5.74, 6) is 1.51. The lowest BCUT2D eigenvalue weighted by Crippen LogP contribution is -2.13. The van der Waals surface area contributed by atoms with Crippen LogP contribution >= 0.6 is 0 Å². The van der Waals surface area contributed by atoms with Gasteiger partial charge < -0.3 is 10.1 Å². The summed E-state index contributed by atoms with van der Waals surface area (Å²) in [7, 11) is 1.63. The second-order valence-corrected chi connectivity index (χ2v) is 5.88. The van der Waals surface area contributed by atoms with E-state index in [1.807, 2.05) is 6.92 Å². The maximum Gasteiger partial charge on any atom is 0.221 e. The largest absolute Gasteiger partial charge is 0.481 e. The average molecular weight is 235 g/mol. The van der Waals surface area contributed by atoms with Crippen LogP contribution in [-0.2, 0) is 0 Å². The van der Waals surface area contributed by atoms with Crippen LogP contribution in [0.4, 0.5) is 5.82 Å². The molecule has 17 heavy (non-hydrogen) atoms. The van der Waals surface area contributed by atoms with Gasteiger partial charge in [-0.1, -0.05) is 27.7 Å². The molecule has 1 aliphatic carbocycles. The zero-order chi connectivity index (χ0) is 12.8. The molecule has 1 aromatic rings. The molecule has 1 aromatic heterocycles. The predicted molar refractivity (Wildman–Crippen MR) is 68.3 cm³/mol. The van der Waals surface area contributed by atoms with Crippen molar-refractivity contribution < 1.29 is 4.74 Å². The van der Waals surface area contributed by atoms with Crippen molar-refractivity contribution in [1.82, 2.24) is 9.97 Å². The number of aromatic nitrogens is 2. The number of nitrogens with zero attached hydrogens (tertiary/aromatic N) is 2. The molecule has 2 rings (SSSR count). The van der Waals surface area contributed by atoms with E-state index in [2.05, 4.69) is 43.0 Å². The summed E-state index contributed by atoms with van der Waals surface area (Å²) in [5.41, 5.74) is 1.54. The van der Waals surface area contributed by atoms with Crippen molar-refractivity contribution in [1.29, 1.82) is 0 Å². The lowest BCUT2D eigenvalue weighted by atomic mass is 10.0. The molecular formula is C13H21N3O. The third kappa shape index (κ3) is 1.66. The van der Waals surface area contributed by atoms with Crippen LogP contribution in [0.3, 0.4) is 0 Å². The van der Waals surface area contributed by atoms with Crippen LogP contribution in [0, 0.1) is 17.8 Å². The fourth-order valence-corrected chi connectivity index (χ4v) is 2.48. The average Bonchev–Trinajstić information content (AvgIpc) is 2.63. The Balaban J connectivity index is 2.22. The topological polar surface area (TPSA) is 47.0 Å². The van der Waals surface area contributed by atoms with Crippen LogP contribution in [0.15, 0.2) is 6.33 Å². The van der Waals surface area contributed by atoms with Crippen LogP contribution in [0.1, 0.15) is 33.3 Å².